The highest BCUT2D eigenvalue weighted by Gasteiger charge is 2.37. The van der Waals surface area contributed by atoms with Gasteiger partial charge in [-0.25, -0.2) is 8.42 Å². The van der Waals surface area contributed by atoms with Crippen LogP contribution in [0.3, 0.4) is 0 Å². The quantitative estimate of drug-likeness (QED) is 0.826. The molecule has 0 radical (unpaired) electrons. The number of halogens is 1. The molecule has 4 nitrogen and oxygen atoms in total. The number of hydrogen-bond acceptors (Lipinski definition) is 3. The fourth-order valence-corrected chi connectivity index (χ4v) is 4.26. The maximum absolute atomic E-state index is 12.6. The van der Waals surface area contributed by atoms with Gasteiger partial charge in [0.2, 0.25) is 10.0 Å². The lowest BCUT2D eigenvalue weighted by atomic mass is 10.1. The van der Waals surface area contributed by atoms with Crippen LogP contribution >= 0.6 is 15.9 Å². The van der Waals surface area contributed by atoms with Gasteiger partial charge in [-0.2, -0.15) is 4.31 Å². The van der Waals surface area contributed by atoms with E-state index in [1.54, 1.807) is 24.3 Å². The molecule has 19 heavy (non-hydrogen) atoms. The molecule has 0 bridgehead atoms. The van der Waals surface area contributed by atoms with Crippen molar-refractivity contribution in [1.29, 1.82) is 0 Å². The molecule has 0 spiro atoms. The fourth-order valence-electron chi connectivity index (χ4n) is 2.33. The molecule has 0 saturated carbocycles. The van der Waals surface area contributed by atoms with Crippen LogP contribution in [0.25, 0.3) is 0 Å². The molecule has 0 amide bonds. The van der Waals surface area contributed by atoms with Crippen LogP contribution in [0, 0.1) is 0 Å². The van der Waals surface area contributed by atoms with Gasteiger partial charge in [0, 0.05) is 17.6 Å². The molecule has 0 N–H and O–H groups in total. The third-order valence-electron chi connectivity index (χ3n) is 2.99. The van der Waals surface area contributed by atoms with Crippen molar-refractivity contribution in [2.75, 3.05) is 13.1 Å². The molecule has 1 saturated heterocycles. The Kier molecular flexibility index (Phi) is 4.07. The van der Waals surface area contributed by atoms with Gasteiger partial charge in [0.15, 0.2) is 0 Å². The Hall–Kier alpha value is -0.430. The normalized spacial score (nSPS) is 24.3. The number of sulfonamides is 1. The molecule has 2 rings (SSSR count). The highest BCUT2D eigenvalue weighted by Crippen LogP contribution is 2.26. The molecule has 0 aromatic heterocycles. The molecule has 1 aliphatic rings. The van der Waals surface area contributed by atoms with Crippen LogP contribution < -0.4 is 0 Å². The minimum Gasteiger partial charge on any atom is -0.370 e. The Labute approximate surface area is 122 Å². The summed E-state index contributed by atoms with van der Waals surface area (Å²) < 4.78 is 33.3. The first-order valence-corrected chi connectivity index (χ1v) is 8.37. The van der Waals surface area contributed by atoms with Crippen LogP contribution in [0.4, 0.5) is 0 Å². The van der Waals surface area contributed by atoms with Crippen LogP contribution in [-0.2, 0) is 14.8 Å². The van der Waals surface area contributed by atoms with Gasteiger partial charge >= 0.3 is 0 Å². The maximum Gasteiger partial charge on any atom is 0.243 e. The molecule has 1 fully saturated rings. The molecule has 0 aliphatic carbocycles. The lowest BCUT2D eigenvalue weighted by molar-refractivity contribution is -0.109. The van der Waals surface area contributed by atoms with Crippen LogP contribution in [0.5, 0.6) is 0 Å². The van der Waals surface area contributed by atoms with Gasteiger partial charge in [0.05, 0.1) is 16.6 Å². The third-order valence-corrected chi connectivity index (χ3v) is 5.34. The zero-order chi connectivity index (χ0) is 14.3. The van der Waals surface area contributed by atoms with E-state index in [9.17, 15) is 8.42 Å². The molecule has 1 aromatic rings. The van der Waals surface area contributed by atoms with E-state index < -0.39 is 15.6 Å². The summed E-state index contributed by atoms with van der Waals surface area (Å²) in [4.78, 5) is 0.320. The number of ether oxygens (including phenoxy) is 1. The average Bonchev–Trinajstić information content (AvgIpc) is 2.26. The van der Waals surface area contributed by atoms with Gasteiger partial charge in [0.1, 0.15) is 0 Å². The lowest BCUT2D eigenvalue weighted by Crippen LogP contribution is -2.53. The fraction of sp³-hybridized carbons (Fsp3) is 0.538. The van der Waals surface area contributed by atoms with E-state index in [4.69, 9.17) is 4.74 Å². The van der Waals surface area contributed by atoms with E-state index in [0.717, 1.165) is 4.47 Å². The second-order valence-corrected chi connectivity index (χ2v) is 8.29. The zero-order valence-electron chi connectivity index (χ0n) is 11.3. The van der Waals surface area contributed by atoms with Crippen LogP contribution in [-0.4, -0.2) is 37.5 Å². The summed E-state index contributed by atoms with van der Waals surface area (Å²) in [6.07, 6.45) is -0.103. The summed E-state index contributed by atoms with van der Waals surface area (Å²) in [5, 5.41) is 0. The van der Waals surface area contributed by atoms with Gasteiger partial charge in [-0.15, -0.1) is 0 Å². The largest absolute Gasteiger partial charge is 0.370 e. The maximum atomic E-state index is 12.6. The molecular weight excluding hydrogens is 330 g/mol. The van der Waals surface area contributed by atoms with Gasteiger partial charge in [-0.05, 0) is 45.0 Å². The highest BCUT2D eigenvalue weighted by atomic mass is 79.9. The van der Waals surface area contributed by atoms with Crippen molar-refractivity contribution in [2.45, 2.75) is 37.4 Å². The predicted octanol–water partition coefficient (Wildman–Crippen LogP) is 2.64. The molecule has 6 heteroatoms. The Balaban J connectivity index is 2.31. The van der Waals surface area contributed by atoms with Gasteiger partial charge in [-0.3, -0.25) is 0 Å². The van der Waals surface area contributed by atoms with E-state index in [2.05, 4.69) is 15.9 Å². The third kappa shape index (κ3) is 3.37. The van der Waals surface area contributed by atoms with E-state index in [1.807, 2.05) is 20.8 Å². The Morgan fingerprint density at radius 3 is 2.42 bits per heavy atom. The molecule has 1 aromatic carbocycles. The Bertz CT molecular complexity index is 554. The summed E-state index contributed by atoms with van der Waals surface area (Å²) >= 11 is 3.31. The van der Waals surface area contributed by atoms with Crippen molar-refractivity contribution in [3.63, 3.8) is 0 Å². The number of benzene rings is 1. The summed E-state index contributed by atoms with van der Waals surface area (Å²) in [5.74, 6) is 0. The van der Waals surface area contributed by atoms with E-state index in [0.29, 0.717) is 18.0 Å². The first-order chi connectivity index (χ1) is 8.71. The summed E-state index contributed by atoms with van der Waals surface area (Å²) in [6.45, 7) is 6.47. The van der Waals surface area contributed by atoms with Gasteiger partial charge in [0.25, 0.3) is 0 Å². The molecule has 1 heterocycles. The van der Waals surface area contributed by atoms with Crippen molar-refractivity contribution in [3.8, 4) is 0 Å². The van der Waals surface area contributed by atoms with Crippen molar-refractivity contribution in [1.82, 2.24) is 4.31 Å². The summed E-state index contributed by atoms with van der Waals surface area (Å²) in [7, 11) is -3.45. The summed E-state index contributed by atoms with van der Waals surface area (Å²) in [5.41, 5.74) is -0.458. The van der Waals surface area contributed by atoms with E-state index in [-0.39, 0.29) is 6.10 Å². The predicted molar refractivity (Wildman–Crippen MR) is 77.5 cm³/mol. The van der Waals surface area contributed by atoms with Crippen molar-refractivity contribution in [3.05, 3.63) is 28.7 Å². The number of morpholine rings is 1. The minimum absolute atomic E-state index is 0.103. The first-order valence-electron chi connectivity index (χ1n) is 6.14. The molecule has 1 unspecified atom stereocenters. The number of rotatable bonds is 2. The monoisotopic (exact) mass is 347 g/mol. The number of nitrogens with zero attached hydrogens (tertiary/aromatic N) is 1. The molecule has 1 atom stereocenters. The standard InChI is InChI=1S/C13H18BrNO3S/c1-10-8-15(9-13(2,3)18-10)19(16,17)12-6-4-11(14)5-7-12/h4-7,10H,8-9H2,1-3H3. The average molecular weight is 348 g/mol. The molecule has 1 aliphatic heterocycles. The van der Waals surface area contributed by atoms with Crippen molar-refractivity contribution >= 4 is 26.0 Å². The minimum atomic E-state index is -3.45. The molecule has 106 valence electrons. The van der Waals surface area contributed by atoms with Crippen molar-refractivity contribution in [2.24, 2.45) is 0 Å². The molecular formula is C13H18BrNO3S. The van der Waals surface area contributed by atoms with Crippen molar-refractivity contribution < 1.29 is 13.2 Å². The highest BCUT2D eigenvalue weighted by molar-refractivity contribution is 9.10. The van der Waals surface area contributed by atoms with Crippen LogP contribution in [0.1, 0.15) is 20.8 Å². The van der Waals surface area contributed by atoms with E-state index >= 15 is 0 Å². The second-order valence-electron chi connectivity index (χ2n) is 5.44. The zero-order valence-corrected chi connectivity index (χ0v) is 13.7. The van der Waals surface area contributed by atoms with Crippen LogP contribution in [0.15, 0.2) is 33.6 Å². The smallest absolute Gasteiger partial charge is 0.243 e. The Morgan fingerprint density at radius 1 is 1.32 bits per heavy atom. The van der Waals surface area contributed by atoms with E-state index in [1.165, 1.54) is 4.31 Å². The Morgan fingerprint density at radius 2 is 1.89 bits per heavy atom. The lowest BCUT2D eigenvalue weighted by Gasteiger charge is -2.40. The number of hydrogen-bond donors (Lipinski definition) is 0. The van der Waals surface area contributed by atoms with Gasteiger partial charge in [-0.1, -0.05) is 15.9 Å². The van der Waals surface area contributed by atoms with Crippen LogP contribution in [0.2, 0.25) is 0 Å². The summed E-state index contributed by atoms with van der Waals surface area (Å²) in [6, 6.07) is 6.71. The second kappa shape index (κ2) is 5.16. The SMILES string of the molecule is CC1CN(S(=O)(=O)c2ccc(Br)cc2)CC(C)(C)O1. The topological polar surface area (TPSA) is 46.6 Å². The first kappa shape index (κ1) is 15.0. The van der Waals surface area contributed by atoms with Gasteiger partial charge < -0.3 is 4.74 Å².